The van der Waals surface area contributed by atoms with Crippen LogP contribution in [-0.4, -0.2) is 70.1 Å². The summed E-state index contributed by atoms with van der Waals surface area (Å²) in [4.78, 5) is 16.2. The van der Waals surface area contributed by atoms with E-state index in [2.05, 4.69) is 30.2 Å². The van der Waals surface area contributed by atoms with Gasteiger partial charge in [-0.1, -0.05) is 77.7 Å². The van der Waals surface area contributed by atoms with Crippen molar-refractivity contribution in [2.24, 2.45) is 22.7 Å². The van der Waals surface area contributed by atoms with Crippen molar-refractivity contribution in [1.82, 2.24) is 5.32 Å². The Morgan fingerprint density at radius 1 is 0.974 bits per heavy atom. The second kappa shape index (κ2) is 19.0. The molecule has 0 unspecified atom stereocenters. The van der Waals surface area contributed by atoms with E-state index in [0.717, 1.165) is 71.0 Å². The lowest BCUT2D eigenvalue weighted by molar-refractivity contribution is -0.146. The first kappa shape index (κ1) is 33.9. The molecule has 1 aliphatic carbocycles. The fraction of sp³-hybridized carbons (Fsp3) is 0.875. The fourth-order valence-corrected chi connectivity index (χ4v) is 6.56. The van der Waals surface area contributed by atoms with Crippen LogP contribution in [0.5, 0.6) is 0 Å². The zero-order valence-electron chi connectivity index (χ0n) is 24.8. The maximum Gasteiger partial charge on any atom is 0.309 e. The summed E-state index contributed by atoms with van der Waals surface area (Å²) >= 11 is 0. The molecule has 5 N–H and O–H groups in total. The summed E-state index contributed by atoms with van der Waals surface area (Å²) in [5.74, 6) is -1.03. The highest BCUT2D eigenvalue weighted by molar-refractivity contribution is 5.80. The van der Waals surface area contributed by atoms with Crippen LogP contribution in [0.3, 0.4) is 0 Å². The molecule has 226 valence electrons. The number of carboxylic acid groups (broad SMARTS) is 1. The normalized spacial score (nSPS) is 25.1. The predicted octanol–water partition coefficient (Wildman–Crippen LogP) is 5.66. The Bertz CT molecular complexity index is 742. The van der Waals surface area contributed by atoms with Gasteiger partial charge in [-0.2, -0.15) is 0 Å². The Labute approximate surface area is 237 Å². The molecule has 6 atom stereocenters. The summed E-state index contributed by atoms with van der Waals surface area (Å²) in [5, 5.41) is 45.6. The first-order valence-corrected chi connectivity index (χ1v) is 16.0. The number of aliphatic carboxylic acids is 1. The van der Waals surface area contributed by atoms with Gasteiger partial charge in [0.25, 0.3) is 0 Å². The third kappa shape index (κ3) is 13.3. The van der Waals surface area contributed by atoms with E-state index >= 15 is 0 Å². The molecular formula is C32H58N2O5. The molecule has 1 fully saturated rings. The van der Waals surface area contributed by atoms with Crippen LogP contribution in [-0.2, 0) is 4.79 Å². The standard InChI is InChI=1S/C32H58N2O5/c1-3-5-6-7-10-13-28(35)14-11-8-9-12-15-29(31(37)38)30(36)16-18-32(39)21-26(20-25-17-19-34-23-25)27(22-32)24-33-4-2/h17,23,26-30,33,35-36,39H,3-16,18-22,24H2,1-2H3,(H,37,38)/t26-,27+,28+,29+,30-,32+/m1/s1. The van der Waals surface area contributed by atoms with Crippen LogP contribution >= 0.6 is 0 Å². The number of nitrogens with zero attached hydrogens (tertiary/aromatic N) is 1. The van der Waals surface area contributed by atoms with Gasteiger partial charge in [0, 0.05) is 6.21 Å². The number of hydrogen-bond acceptors (Lipinski definition) is 6. The minimum atomic E-state index is -0.949. The van der Waals surface area contributed by atoms with Crippen molar-refractivity contribution in [2.75, 3.05) is 19.6 Å². The van der Waals surface area contributed by atoms with Gasteiger partial charge in [0.1, 0.15) is 0 Å². The molecule has 1 saturated carbocycles. The number of rotatable bonds is 23. The lowest BCUT2D eigenvalue weighted by atomic mass is 9.86. The molecule has 2 rings (SSSR count). The molecule has 0 aromatic carbocycles. The maximum atomic E-state index is 11.9. The number of aliphatic hydroxyl groups excluding tert-OH is 2. The minimum absolute atomic E-state index is 0.221. The summed E-state index contributed by atoms with van der Waals surface area (Å²) in [6, 6.07) is 0. The van der Waals surface area contributed by atoms with Crippen LogP contribution in [0.25, 0.3) is 0 Å². The molecule has 0 aromatic rings. The smallest absolute Gasteiger partial charge is 0.309 e. The van der Waals surface area contributed by atoms with Crippen LogP contribution in [0.1, 0.15) is 123 Å². The zero-order chi connectivity index (χ0) is 28.5. The largest absolute Gasteiger partial charge is 0.481 e. The van der Waals surface area contributed by atoms with Crippen molar-refractivity contribution in [1.29, 1.82) is 0 Å². The summed E-state index contributed by atoms with van der Waals surface area (Å²) in [7, 11) is 0. The van der Waals surface area contributed by atoms with Gasteiger partial charge in [-0.05, 0) is 81.9 Å². The average Bonchev–Trinajstić information content (AvgIpc) is 3.53. The van der Waals surface area contributed by atoms with Crippen molar-refractivity contribution in [3.8, 4) is 0 Å². The van der Waals surface area contributed by atoms with Gasteiger partial charge in [0.15, 0.2) is 0 Å². The van der Waals surface area contributed by atoms with Crippen molar-refractivity contribution in [3.63, 3.8) is 0 Å². The monoisotopic (exact) mass is 550 g/mol. The SMILES string of the molecule is CCCCCCC[C@H](O)CCCCCC[C@H](C(=O)O)[C@H](O)CC[C@@]1(O)C[C@@H](CNCC)[C@H](CC2=CCN=C2)C1. The number of unbranched alkanes of at least 4 members (excludes halogenated alkanes) is 7. The predicted molar refractivity (Wildman–Crippen MR) is 159 cm³/mol. The van der Waals surface area contributed by atoms with E-state index in [1.54, 1.807) is 0 Å². The second-order valence-corrected chi connectivity index (χ2v) is 12.3. The van der Waals surface area contributed by atoms with Crippen molar-refractivity contribution in [2.45, 2.75) is 141 Å². The third-order valence-corrected chi connectivity index (χ3v) is 8.95. The average molecular weight is 551 g/mol. The number of aliphatic imine (C=N–C) groups is 1. The van der Waals surface area contributed by atoms with Crippen LogP contribution in [0.4, 0.5) is 0 Å². The summed E-state index contributed by atoms with van der Waals surface area (Å²) < 4.78 is 0. The highest BCUT2D eigenvalue weighted by Gasteiger charge is 2.44. The van der Waals surface area contributed by atoms with Gasteiger partial charge in [0.2, 0.25) is 0 Å². The molecule has 39 heavy (non-hydrogen) atoms. The van der Waals surface area contributed by atoms with E-state index in [1.165, 1.54) is 31.3 Å². The second-order valence-electron chi connectivity index (χ2n) is 12.3. The van der Waals surface area contributed by atoms with Gasteiger partial charge in [0.05, 0.1) is 30.3 Å². The Kier molecular flexibility index (Phi) is 16.5. The highest BCUT2D eigenvalue weighted by atomic mass is 16.4. The molecule has 1 heterocycles. The van der Waals surface area contributed by atoms with Crippen molar-refractivity contribution < 1.29 is 25.2 Å². The Morgan fingerprint density at radius 2 is 1.62 bits per heavy atom. The van der Waals surface area contributed by atoms with E-state index in [9.17, 15) is 25.2 Å². The van der Waals surface area contributed by atoms with Crippen molar-refractivity contribution in [3.05, 3.63) is 11.6 Å². The fourth-order valence-electron chi connectivity index (χ4n) is 6.56. The van der Waals surface area contributed by atoms with Gasteiger partial charge in [-0.25, -0.2) is 0 Å². The minimum Gasteiger partial charge on any atom is -0.481 e. The Morgan fingerprint density at radius 3 is 2.21 bits per heavy atom. The first-order chi connectivity index (χ1) is 18.8. The highest BCUT2D eigenvalue weighted by Crippen LogP contribution is 2.45. The lowest BCUT2D eigenvalue weighted by Crippen LogP contribution is -2.33. The summed E-state index contributed by atoms with van der Waals surface area (Å²) in [5.41, 5.74) is 0.385. The van der Waals surface area contributed by atoms with Crippen LogP contribution < -0.4 is 5.32 Å². The molecule has 0 radical (unpaired) electrons. The van der Waals surface area contributed by atoms with E-state index in [1.807, 2.05) is 6.21 Å². The number of carboxylic acids is 1. The third-order valence-electron chi connectivity index (χ3n) is 8.95. The zero-order valence-corrected chi connectivity index (χ0v) is 24.8. The van der Waals surface area contributed by atoms with Crippen LogP contribution in [0.15, 0.2) is 16.6 Å². The number of carbonyl (C=O) groups is 1. The van der Waals surface area contributed by atoms with Gasteiger partial charge in [-0.15, -0.1) is 0 Å². The van der Waals surface area contributed by atoms with Crippen molar-refractivity contribution >= 4 is 12.2 Å². The number of hydrogen-bond donors (Lipinski definition) is 5. The molecule has 0 amide bonds. The maximum absolute atomic E-state index is 11.9. The quantitative estimate of drug-likeness (QED) is 0.105. The first-order valence-electron chi connectivity index (χ1n) is 16.0. The molecule has 0 aromatic heterocycles. The topological polar surface area (TPSA) is 122 Å². The molecule has 1 aliphatic heterocycles. The van der Waals surface area contributed by atoms with Gasteiger partial charge in [-0.3, -0.25) is 9.79 Å². The van der Waals surface area contributed by atoms with E-state index in [0.29, 0.717) is 43.9 Å². The Hall–Kier alpha value is -1.28. The summed E-state index contributed by atoms with van der Waals surface area (Å²) in [6.07, 6.45) is 17.8. The molecule has 2 aliphatic rings. The molecule has 0 spiro atoms. The molecule has 0 saturated heterocycles. The molecule has 7 heteroatoms. The number of nitrogens with one attached hydrogen (secondary N) is 1. The summed E-state index contributed by atoms with van der Waals surface area (Å²) in [6.45, 7) is 6.80. The van der Waals surface area contributed by atoms with E-state index < -0.39 is 23.6 Å². The molecule has 7 nitrogen and oxygen atoms in total. The van der Waals surface area contributed by atoms with E-state index in [-0.39, 0.29) is 6.10 Å². The Balaban J connectivity index is 1.70. The van der Waals surface area contributed by atoms with Crippen LogP contribution in [0.2, 0.25) is 0 Å². The van der Waals surface area contributed by atoms with Gasteiger partial charge >= 0.3 is 5.97 Å². The number of aliphatic hydroxyl groups is 3. The molecule has 0 bridgehead atoms. The lowest BCUT2D eigenvalue weighted by Gasteiger charge is -2.26. The van der Waals surface area contributed by atoms with Gasteiger partial charge < -0.3 is 25.7 Å². The number of allylic oxidation sites excluding steroid dienone is 1. The van der Waals surface area contributed by atoms with E-state index in [4.69, 9.17) is 0 Å². The molecular weight excluding hydrogens is 492 g/mol. The van der Waals surface area contributed by atoms with Crippen LogP contribution in [0, 0.1) is 17.8 Å².